The van der Waals surface area contributed by atoms with E-state index in [1.54, 1.807) is 22.9 Å². The van der Waals surface area contributed by atoms with E-state index >= 15 is 0 Å². The average molecular weight is 378 g/mol. The molecule has 0 spiro atoms. The fourth-order valence-corrected chi connectivity index (χ4v) is 2.86. The van der Waals surface area contributed by atoms with Crippen LogP contribution in [0, 0.1) is 0 Å². The van der Waals surface area contributed by atoms with Gasteiger partial charge in [0.05, 0.1) is 11.4 Å². The number of para-hydroxylation sites is 1. The van der Waals surface area contributed by atoms with E-state index in [1.807, 2.05) is 36.4 Å². The second-order valence-electron chi connectivity index (χ2n) is 7.56. The van der Waals surface area contributed by atoms with Crippen LogP contribution in [0.4, 0.5) is 16.3 Å². The zero-order valence-electron chi connectivity index (χ0n) is 16.0. The van der Waals surface area contributed by atoms with Gasteiger partial charge in [0, 0.05) is 23.2 Å². The van der Waals surface area contributed by atoms with Crippen molar-refractivity contribution in [1.29, 1.82) is 0 Å². The van der Waals surface area contributed by atoms with E-state index in [0.29, 0.717) is 23.0 Å². The molecular formula is C21H22N4O3. The summed E-state index contributed by atoms with van der Waals surface area (Å²) in [6.07, 6.45) is 0. The number of carbonyl (C=O) groups excluding carboxylic acids is 1. The fraction of sp³-hybridized carbons (Fsp3) is 0.238. The molecule has 0 saturated heterocycles. The highest BCUT2D eigenvalue weighted by Gasteiger charge is 2.22. The molecule has 144 valence electrons. The fourth-order valence-electron chi connectivity index (χ4n) is 2.86. The summed E-state index contributed by atoms with van der Waals surface area (Å²) in [7, 11) is 0. The molecule has 0 atom stereocenters. The molecule has 7 heteroatoms. The number of carbonyl (C=O) groups is 1. The molecular weight excluding hydrogens is 356 g/mol. The average Bonchev–Trinajstić information content (AvgIpc) is 3.28. The number of rotatable bonds is 3. The molecule has 0 bridgehead atoms. The monoisotopic (exact) mass is 378 g/mol. The molecule has 1 aromatic heterocycles. The Balaban J connectivity index is 1.58. The van der Waals surface area contributed by atoms with Gasteiger partial charge in [0.15, 0.2) is 11.5 Å². The highest BCUT2D eigenvalue weighted by Crippen LogP contribution is 2.34. The molecule has 2 heterocycles. The topological polar surface area (TPSA) is 77.4 Å². The Morgan fingerprint density at radius 2 is 1.75 bits per heavy atom. The van der Waals surface area contributed by atoms with Gasteiger partial charge in [-0.2, -0.15) is 5.10 Å². The van der Waals surface area contributed by atoms with Crippen LogP contribution in [0.5, 0.6) is 11.5 Å². The lowest BCUT2D eigenvalue weighted by Gasteiger charge is -2.14. The Hall–Kier alpha value is -3.48. The summed E-state index contributed by atoms with van der Waals surface area (Å²) in [6.45, 7) is 6.44. The van der Waals surface area contributed by atoms with Gasteiger partial charge >= 0.3 is 6.03 Å². The minimum absolute atomic E-state index is 0.149. The van der Waals surface area contributed by atoms with Gasteiger partial charge in [0.2, 0.25) is 6.79 Å². The zero-order chi connectivity index (χ0) is 19.7. The third kappa shape index (κ3) is 3.64. The zero-order valence-corrected chi connectivity index (χ0v) is 16.0. The first-order valence-corrected chi connectivity index (χ1v) is 9.04. The molecule has 3 aromatic rings. The van der Waals surface area contributed by atoms with E-state index in [0.717, 1.165) is 11.4 Å². The molecule has 1 aliphatic heterocycles. The number of anilines is 2. The standard InChI is InChI=1S/C21H22N4O3/c1-21(2,3)18-12-19(25(24-18)15-7-5-4-6-8-15)23-20(26)22-14-9-10-16-17(11-14)28-13-27-16/h4-12H,13H2,1-3H3,(H2,22,23,26). The first kappa shape index (κ1) is 17.9. The second kappa shape index (κ2) is 6.92. The summed E-state index contributed by atoms with van der Waals surface area (Å²) in [5.41, 5.74) is 2.22. The minimum Gasteiger partial charge on any atom is -0.454 e. The molecule has 2 aromatic carbocycles. The molecule has 0 saturated carbocycles. The molecule has 0 fully saturated rings. The molecule has 0 unspecified atom stereocenters. The Labute approximate surface area is 163 Å². The maximum atomic E-state index is 12.6. The van der Waals surface area contributed by atoms with Crippen molar-refractivity contribution in [3.63, 3.8) is 0 Å². The van der Waals surface area contributed by atoms with Crippen molar-refractivity contribution in [2.75, 3.05) is 17.4 Å². The van der Waals surface area contributed by atoms with E-state index in [9.17, 15) is 4.79 Å². The number of ether oxygens (including phenoxy) is 2. The third-order valence-electron chi connectivity index (χ3n) is 4.35. The highest BCUT2D eigenvalue weighted by molar-refractivity contribution is 5.99. The predicted molar refractivity (Wildman–Crippen MR) is 107 cm³/mol. The van der Waals surface area contributed by atoms with Crippen LogP contribution in [-0.4, -0.2) is 22.6 Å². The molecule has 28 heavy (non-hydrogen) atoms. The Kier molecular flexibility index (Phi) is 4.43. The largest absolute Gasteiger partial charge is 0.454 e. The van der Waals surface area contributed by atoms with E-state index in [4.69, 9.17) is 14.6 Å². The number of hydrogen-bond donors (Lipinski definition) is 2. The van der Waals surface area contributed by atoms with Crippen LogP contribution in [-0.2, 0) is 5.41 Å². The summed E-state index contributed by atoms with van der Waals surface area (Å²) >= 11 is 0. The normalized spacial score (nSPS) is 12.7. The Morgan fingerprint density at radius 3 is 2.50 bits per heavy atom. The van der Waals surface area contributed by atoms with Crippen molar-refractivity contribution in [2.24, 2.45) is 0 Å². The second-order valence-corrected chi connectivity index (χ2v) is 7.56. The molecule has 4 rings (SSSR count). The number of hydrogen-bond acceptors (Lipinski definition) is 4. The van der Waals surface area contributed by atoms with E-state index < -0.39 is 0 Å². The van der Waals surface area contributed by atoms with Gasteiger partial charge in [-0.3, -0.25) is 5.32 Å². The van der Waals surface area contributed by atoms with Gasteiger partial charge in [-0.05, 0) is 24.3 Å². The van der Waals surface area contributed by atoms with Crippen molar-refractivity contribution >= 4 is 17.5 Å². The summed E-state index contributed by atoms with van der Waals surface area (Å²) in [5.74, 6) is 1.87. The van der Waals surface area contributed by atoms with Crippen molar-refractivity contribution in [3.05, 3.63) is 60.3 Å². The smallest absolute Gasteiger partial charge is 0.324 e. The summed E-state index contributed by atoms with van der Waals surface area (Å²) in [5, 5.41) is 10.4. The Morgan fingerprint density at radius 1 is 1.00 bits per heavy atom. The summed E-state index contributed by atoms with van der Waals surface area (Å²) in [6, 6.07) is 16.5. The number of benzene rings is 2. The number of nitrogens with one attached hydrogen (secondary N) is 2. The molecule has 2 N–H and O–H groups in total. The number of nitrogens with zero attached hydrogens (tertiary/aromatic N) is 2. The van der Waals surface area contributed by atoms with Crippen molar-refractivity contribution in [3.8, 4) is 17.2 Å². The van der Waals surface area contributed by atoms with Crippen molar-refractivity contribution in [2.45, 2.75) is 26.2 Å². The predicted octanol–water partition coefficient (Wildman–Crippen LogP) is 4.54. The molecule has 7 nitrogen and oxygen atoms in total. The van der Waals surface area contributed by atoms with Crippen molar-refractivity contribution < 1.29 is 14.3 Å². The lowest BCUT2D eigenvalue weighted by atomic mass is 9.92. The molecule has 0 radical (unpaired) electrons. The van der Waals surface area contributed by atoms with Gasteiger partial charge in [-0.1, -0.05) is 39.0 Å². The highest BCUT2D eigenvalue weighted by atomic mass is 16.7. The van der Waals surface area contributed by atoms with Crippen LogP contribution >= 0.6 is 0 Å². The van der Waals surface area contributed by atoms with Crippen LogP contribution in [0.25, 0.3) is 5.69 Å². The minimum atomic E-state index is -0.364. The van der Waals surface area contributed by atoms with E-state index in [-0.39, 0.29) is 18.2 Å². The number of amides is 2. The van der Waals surface area contributed by atoms with Gasteiger partial charge < -0.3 is 14.8 Å². The summed E-state index contributed by atoms with van der Waals surface area (Å²) in [4.78, 5) is 12.6. The van der Waals surface area contributed by atoms with Gasteiger partial charge in [-0.15, -0.1) is 0 Å². The first-order chi connectivity index (χ1) is 13.4. The van der Waals surface area contributed by atoms with Crippen molar-refractivity contribution in [1.82, 2.24) is 9.78 Å². The lowest BCUT2D eigenvalue weighted by Crippen LogP contribution is -2.21. The maximum Gasteiger partial charge on any atom is 0.324 e. The summed E-state index contributed by atoms with van der Waals surface area (Å²) < 4.78 is 12.4. The Bertz CT molecular complexity index is 1010. The van der Waals surface area contributed by atoms with Crippen LogP contribution in [0.1, 0.15) is 26.5 Å². The molecule has 0 aliphatic carbocycles. The van der Waals surface area contributed by atoms with Crippen LogP contribution in [0.15, 0.2) is 54.6 Å². The maximum absolute atomic E-state index is 12.6. The van der Waals surface area contributed by atoms with Gasteiger partial charge in [0.1, 0.15) is 5.82 Å². The van der Waals surface area contributed by atoms with Gasteiger partial charge in [-0.25, -0.2) is 9.48 Å². The van der Waals surface area contributed by atoms with E-state index in [1.165, 1.54) is 0 Å². The molecule has 1 aliphatic rings. The first-order valence-electron chi connectivity index (χ1n) is 9.04. The third-order valence-corrected chi connectivity index (χ3v) is 4.35. The quantitative estimate of drug-likeness (QED) is 0.701. The number of fused-ring (bicyclic) bond motifs is 1. The number of urea groups is 1. The van der Waals surface area contributed by atoms with Crippen LogP contribution < -0.4 is 20.1 Å². The number of aromatic nitrogens is 2. The van der Waals surface area contributed by atoms with E-state index in [2.05, 4.69) is 31.4 Å². The van der Waals surface area contributed by atoms with Crippen LogP contribution in [0.2, 0.25) is 0 Å². The van der Waals surface area contributed by atoms with Crippen LogP contribution in [0.3, 0.4) is 0 Å². The lowest BCUT2D eigenvalue weighted by molar-refractivity contribution is 0.174. The molecule has 2 amide bonds. The van der Waals surface area contributed by atoms with Gasteiger partial charge in [0.25, 0.3) is 0 Å². The SMILES string of the molecule is CC(C)(C)c1cc(NC(=O)Nc2ccc3c(c2)OCO3)n(-c2ccccc2)n1.